The number of thioether (sulfide) groups is 1. The molecular weight excluding hydrogens is 478 g/mol. The highest BCUT2D eigenvalue weighted by atomic mass is 35.5. The lowest BCUT2D eigenvalue weighted by Gasteiger charge is -2.12. The number of carbonyl (C=O) groups excluding carboxylic acids is 3. The normalized spacial score (nSPS) is 11.5. The monoisotopic (exact) mass is 492 g/mol. The molecule has 2 rings (SSSR count). The van der Waals surface area contributed by atoms with Crippen LogP contribution < -0.4 is 10.6 Å². The zero-order chi connectivity index (χ0) is 22.3. The summed E-state index contributed by atoms with van der Waals surface area (Å²) in [4.78, 5) is 35.9. The van der Waals surface area contributed by atoms with Crippen molar-refractivity contribution in [2.24, 2.45) is 0 Å². The zero-order valence-corrected chi connectivity index (χ0v) is 18.6. The van der Waals surface area contributed by atoms with Crippen LogP contribution in [0.2, 0.25) is 15.1 Å². The van der Waals surface area contributed by atoms with E-state index in [4.69, 9.17) is 39.5 Å². The van der Waals surface area contributed by atoms with Gasteiger partial charge in [-0.15, -0.1) is 11.8 Å². The maximum Gasteiger partial charge on any atom is 0.319 e. The molecule has 0 bridgehead atoms. The lowest BCUT2D eigenvalue weighted by Crippen LogP contribution is -2.26. The lowest BCUT2D eigenvalue weighted by atomic mass is 10.3. The van der Waals surface area contributed by atoms with Crippen molar-refractivity contribution in [1.29, 1.82) is 0 Å². The topological polar surface area (TPSA) is 84.5 Å². The predicted molar refractivity (Wildman–Crippen MR) is 118 cm³/mol. The molecule has 0 saturated carbocycles. The fourth-order valence-corrected chi connectivity index (χ4v) is 3.33. The van der Waals surface area contributed by atoms with Gasteiger partial charge in [-0.2, -0.15) is 0 Å². The van der Waals surface area contributed by atoms with Gasteiger partial charge in [0.15, 0.2) is 6.61 Å². The van der Waals surface area contributed by atoms with Crippen molar-refractivity contribution >= 4 is 75.7 Å². The Bertz CT molecular complexity index is 944. The molecule has 0 aliphatic carbocycles. The van der Waals surface area contributed by atoms with E-state index in [0.29, 0.717) is 5.69 Å². The van der Waals surface area contributed by atoms with Crippen molar-refractivity contribution in [2.75, 3.05) is 23.0 Å². The molecule has 0 radical (unpaired) electrons. The summed E-state index contributed by atoms with van der Waals surface area (Å²) in [5, 5.41) is 4.98. The number of esters is 1. The first-order valence-corrected chi connectivity index (χ1v) is 10.6. The van der Waals surface area contributed by atoms with Crippen LogP contribution in [0.15, 0.2) is 36.4 Å². The molecule has 160 valence electrons. The van der Waals surface area contributed by atoms with Gasteiger partial charge >= 0.3 is 5.97 Å². The Balaban J connectivity index is 1.74. The average molecular weight is 494 g/mol. The second kappa shape index (κ2) is 11.4. The molecule has 0 heterocycles. The van der Waals surface area contributed by atoms with Gasteiger partial charge in [0, 0.05) is 5.69 Å². The van der Waals surface area contributed by atoms with E-state index in [1.54, 1.807) is 6.92 Å². The zero-order valence-electron chi connectivity index (χ0n) is 15.5. The molecule has 0 saturated heterocycles. The van der Waals surface area contributed by atoms with Crippen molar-refractivity contribution in [3.8, 4) is 0 Å². The highest BCUT2D eigenvalue weighted by Crippen LogP contribution is 2.32. The Morgan fingerprint density at radius 3 is 2.30 bits per heavy atom. The number of amides is 2. The molecule has 30 heavy (non-hydrogen) atoms. The van der Waals surface area contributed by atoms with E-state index in [0.717, 1.165) is 11.8 Å². The van der Waals surface area contributed by atoms with E-state index >= 15 is 0 Å². The summed E-state index contributed by atoms with van der Waals surface area (Å²) in [7, 11) is 0. The van der Waals surface area contributed by atoms with Crippen LogP contribution in [-0.4, -0.2) is 35.4 Å². The number of nitrogens with one attached hydrogen (secondary N) is 2. The molecule has 2 amide bonds. The first-order chi connectivity index (χ1) is 14.2. The van der Waals surface area contributed by atoms with Crippen molar-refractivity contribution in [3.05, 3.63) is 57.3 Å². The molecule has 0 spiro atoms. The standard InChI is InChI=1S/C19H16Cl3FN2O4S/c1-10(30-9-18(27)24-12-4-2-11(23)3-5-12)19(28)29-8-17(26)25-16-7-14(21)13(20)6-15(16)22/h2-7,10H,8-9H2,1H3,(H,24,27)(H,25,26). The summed E-state index contributed by atoms with van der Waals surface area (Å²) in [6.45, 7) is 1.01. The number of rotatable bonds is 8. The summed E-state index contributed by atoms with van der Waals surface area (Å²) >= 11 is 18.7. The van der Waals surface area contributed by atoms with Gasteiger partial charge in [0.25, 0.3) is 5.91 Å². The smallest absolute Gasteiger partial charge is 0.319 e. The largest absolute Gasteiger partial charge is 0.455 e. The molecule has 0 aliphatic heterocycles. The Morgan fingerprint density at radius 1 is 1.00 bits per heavy atom. The van der Waals surface area contributed by atoms with Gasteiger partial charge in [0.1, 0.15) is 11.1 Å². The van der Waals surface area contributed by atoms with Crippen molar-refractivity contribution in [3.63, 3.8) is 0 Å². The Morgan fingerprint density at radius 2 is 1.63 bits per heavy atom. The van der Waals surface area contributed by atoms with Crippen LogP contribution in [0.1, 0.15) is 6.92 Å². The summed E-state index contributed by atoms with van der Waals surface area (Å²) in [5.41, 5.74) is 0.668. The molecule has 0 aromatic heterocycles. The van der Waals surface area contributed by atoms with Crippen LogP contribution in [0.4, 0.5) is 15.8 Å². The van der Waals surface area contributed by atoms with Crippen molar-refractivity contribution in [2.45, 2.75) is 12.2 Å². The van der Waals surface area contributed by atoms with Crippen molar-refractivity contribution in [1.82, 2.24) is 0 Å². The summed E-state index contributed by atoms with van der Waals surface area (Å²) in [5.74, 6) is -2.08. The average Bonchev–Trinajstić information content (AvgIpc) is 2.70. The summed E-state index contributed by atoms with van der Waals surface area (Å²) in [6.07, 6.45) is 0. The van der Waals surface area contributed by atoms with Gasteiger partial charge in [0.2, 0.25) is 5.91 Å². The summed E-state index contributed by atoms with van der Waals surface area (Å²) in [6, 6.07) is 8.05. The Kier molecular flexibility index (Phi) is 9.23. The van der Waals surface area contributed by atoms with E-state index in [-0.39, 0.29) is 32.4 Å². The highest BCUT2D eigenvalue weighted by Gasteiger charge is 2.18. The highest BCUT2D eigenvalue weighted by molar-refractivity contribution is 8.01. The van der Waals surface area contributed by atoms with E-state index in [2.05, 4.69) is 10.6 Å². The Labute approximate surface area is 191 Å². The molecule has 2 aromatic carbocycles. The molecule has 6 nitrogen and oxygen atoms in total. The minimum absolute atomic E-state index is 0.0290. The van der Waals surface area contributed by atoms with Crippen LogP contribution in [-0.2, 0) is 19.1 Å². The second-order valence-corrected chi connectivity index (χ2v) is 8.46. The fourth-order valence-electron chi connectivity index (χ4n) is 2.06. The molecule has 0 fully saturated rings. The third-order valence-corrected chi connectivity index (χ3v) is 5.71. The van der Waals surface area contributed by atoms with Crippen LogP contribution in [0.25, 0.3) is 0 Å². The van der Waals surface area contributed by atoms with Crippen molar-refractivity contribution < 1.29 is 23.5 Å². The van der Waals surface area contributed by atoms with Gasteiger partial charge in [-0.1, -0.05) is 34.8 Å². The third kappa shape index (κ3) is 7.68. The third-order valence-electron chi connectivity index (χ3n) is 3.55. The van der Waals surface area contributed by atoms with Gasteiger partial charge in [-0.25, -0.2) is 4.39 Å². The molecule has 1 atom stereocenters. The molecule has 0 aliphatic rings. The summed E-state index contributed by atoms with van der Waals surface area (Å²) < 4.78 is 17.8. The first-order valence-electron chi connectivity index (χ1n) is 8.43. The number of hydrogen-bond donors (Lipinski definition) is 2. The minimum atomic E-state index is -0.690. The quantitative estimate of drug-likeness (QED) is 0.398. The number of halogens is 4. The fraction of sp³-hybridized carbons (Fsp3) is 0.211. The molecule has 11 heteroatoms. The molecule has 1 unspecified atom stereocenters. The van der Waals surface area contributed by atoms with E-state index < -0.39 is 29.6 Å². The SMILES string of the molecule is CC(SCC(=O)Nc1ccc(F)cc1)C(=O)OCC(=O)Nc1cc(Cl)c(Cl)cc1Cl. The first kappa shape index (κ1) is 24.3. The van der Waals surface area contributed by atoms with E-state index in [1.165, 1.54) is 36.4 Å². The number of hydrogen-bond acceptors (Lipinski definition) is 5. The Hall–Kier alpha value is -2.00. The van der Waals surface area contributed by atoms with E-state index in [1.807, 2.05) is 0 Å². The molecular formula is C19H16Cl3FN2O4S. The van der Waals surface area contributed by atoms with Gasteiger partial charge in [-0.05, 0) is 43.3 Å². The maximum absolute atomic E-state index is 12.9. The van der Waals surface area contributed by atoms with Crippen LogP contribution in [0, 0.1) is 5.82 Å². The van der Waals surface area contributed by atoms with Crippen LogP contribution >= 0.6 is 46.6 Å². The van der Waals surface area contributed by atoms with Gasteiger partial charge in [-0.3, -0.25) is 14.4 Å². The van der Waals surface area contributed by atoms with Gasteiger partial charge < -0.3 is 15.4 Å². The van der Waals surface area contributed by atoms with Crippen LogP contribution in [0.3, 0.4) is 0 Å². The lowest BCUT2D eigenvalue weighted by molar-refractivity contribution is -0.146. The number of anilines is 2. The molecule has 2 aromatic rings. The predicted octanol–water partition coefficient (Wildman–Crippen LogP) is 5.03. The number of ether oxygens (including phenoxy) is 1. The number of benzene rings is 2. The van der Waals surface area contributed by atoms with Crippen LogP contribution in [0.5, 0.6) is 0 Å². The molecule has 2 N–H and O–H groups in total. The maximum atomic E-state index is 12.9. The van der Waals surface area contributed by atoms with Gasteiger partial charge in [0.05, 0.1) is 26.5 Å². The second-order valence-electron chi connectivity index (χ2n) is 5.91. The number of carbonyl (C=O) groups is 3. The minimum Gasteiger partial charge on any atom is -0.455 e. The van der Waals surface area contributed by atoms with E-state index in [9.17, 15) is 18.8 Å².